The first-order valence-electron chi connectivity index (χ1n) is 11.0. The number of pyridine rings is 1. The molecule has 33 heavy (non-hydrogen) atoms. The van der Waals surface area contributed by atoms with Crippen molar-refractivity contribution in [3.05, 3.63) is 99.9 Å². The van der Waals surface area contributed by atoms with E-state index < -0.39 is 0 Å². The van der Waals surface area contributed by atoms with Crippen LogP contribution < -0.4 is 10.5 Å². The molecule has 0 radical (unpaired) electrons. The van der Waals surface area contributed by atoms with Crippen LogP contribution in [0.5, 0.6) is 0 Å². The molecular weight excluding hydrogens is 421 g/mol. The molecule has 5 rings (SSSR count). The van der Waals surface area contributed by atoms with E-state index in [0.717, 1.165) is 5.69 Å². The molecule has 0 N–H and O–H groups in total. The zero-order valence-electron chi connectivity index (χ0n) is 18.3. The summed E-state index contributed by atoms with van der Waals surface area (Å²) in [4.78, 5) is 30.8. The van der Waals surface area contributed by atoms with Crippen molar-refractivity contribution < 1.29 is 13.6 Å². The highest BCUT2D eigenvalue weighted by molar-refractivity contribution is 6.07. The predicted molar refractivity (Wildman–Crippen MR) is 125 cm³/mol. The molecule has 1 aliphatic rings. The van der Waals surface area contributed by atoms with E-state index in [-0.39, 0.29) is 29.2 Å². The van der Waals surface area contributed by atoms with Crippen LogP contribution in [0.3, 0.4) is 0 Å². The fourth-order valence-corrected chi connectivity index (χ4v) is 4.42. The van der Waals surface area contributed by atoms with Crippen molar-refractivity contribution in [3.63, 3.8) is 0 Å². The maximum Gasteiger partial charge on any atom is 0.262 e. The SMILES string of the molecule is Cc1oc2ccn(Cc3ccccc3F)c(=O)c2c1C(=O)N1CCN(c2ccccc2)CC1. The molecule has 7 heteroatoms. The van der Waals surface area contributed by atoms with Gasteiger partial charge < -0.3 is 18.8 Å². The van der Waals surface area contributed by atoms with Crippen LogP contribution in [-0.4, -0.2) is 41.6 Å². The quantitative estimate of drug-likeness (QED) is 0.476. The number of nitrogens with zero attached hydrogens (tertiary/aromatic N) is 3. The van der Waals surface area contributed by atoms with Crippen molar-refractivity contribution in [2.75, 3.05) is 31.1 Å². The first-order chi connectivity index (χ1) is 16.0. The minimum absolute atomic E-state index is 0.0784. The number of rotatable bonds is 4. The van der Waals surface area contributed by atoms with Crippen LogP contribution in [0.15, 0.2) is 76.1 Å². The Morgan fingerprint density at radius 3 is 2.39 bits per heavy atom. The summed E-state index contributed by atoms with van der Waals surface area (Å²) in [5, 5.41) is 0.252. The van der Waals surface area contributed by atoms with Gasteiger partial charge in [-0.1, -0.05) is 36.4 Å². The Bertz CT molecular complexity index is 1370. The number of halogens is 1. The number of anilines is 1. The highest BCUT2D eigenvalue weighted by atomic mass is 19.1. The molecule has 1 fully saturated rings. The van der Waals surface area contributed by atoms with Crippen molar-refractivity contribution >= 4 is 22.6 Å². The zero-order valence-corrected chi connectivity index (χ0v) is 18.3. The van der Waals surface area contributed by atoms with E-state index in [1.54, 1.807) is 42.3 Å². The third kappa shape index (κ3) is 3.91. The van der Waals surface area contributed by atoms with Gasteiger partial charge in [-0.15, -0.1) is 0 Å². The maximum absolute atomic E-state index is 14.1. The van der Waals surface area contributed by atoms with E-state index in [2.05, 4.69) is 17.0 Å². The lowest BCUT2D eigenvalue weighted by atomic mass is 10.1. The Labute approximate surface area is 190 Å². The molecule has 0 saturated carbocycles. The van der Waals surface area contributed by atoms with Gasteiger partial charge in [0.05, 0.1) is 17.5 Å². The van der Waals surface area contributed by atoms with Gasteiger partial charge in [0.2, 0.25) is 0 Å². The Kier molecular flexibility index (Phi) is 5.46. The molecule has 1 amide bonds. The largest absolute Gasteiger partial charge is 0.460 e. The number of aryl methyl sites for hydroxylation is 1. The lowest BCUT2D eigenvalue weighted by Gasteiger charge is -2.36. The average molecular weight is 445 g/mol. The molecule has 2 aromatic carbocycles. The number of hydrogen-bond acceptors (Lipinski definition) is 4. The summed E-state index contributed by atoms with van der Waals surface area (Å²) in [5.74, 6) is -0.165. The number of benzene rings is 2. The van der Waals surface area contributed by atoms with E-state index in [1.165, 1.54) is 10.6 Å². The molecular formula is C26H24FN3O3. The van der Waals surface area contributed by atoms with E-state index in [4.69, 9.17) is 4.42 Å². The van der Waals surface area contributed by atoms with Gasteiger partial charge in [0, 0.05) is 43.6 Å². The Hall–Kier alpha value is -3.87. The number of para-hydroxylation sites is 1. The van der Waals surface area contributed by atoms with Gasteiger partial charge in [-0.05, 0) is 31.2 Å². The van der Waals surface area contributed by atoms with Gasteiger partial charge in [-0.2, -0.15) is 0 Å². The molecule has 6 nitrogen and oxygen atoms in total. The number of aromatic nitrogens is 1. The topological polar surface area (TPSA) is 58.7 Å². The first kappa shape index (κ1) is 21.0. The molecule has 2 aromatic heterocycles. The molecule has 168 valence electrons. The van der Waals surface area contributed by atoms with Gasteiger partial charge in [0.25, 0.3) is 11.5 Å². The van der Waals surface area contributed by atoms with Crippen LogP contribution in [0.2, 0.25) is 0 Å². The Balaban J connectivity index is 1.43. The van der Waals surface area contributed by atoms with Crippen LogP contribution in [0.25, 0.3) is 11.0 Å². The molecule has 0 unspecified atom stereocenters. The van der Waals surface area contributed by atoms with E-state index in [1.807, 2.05) is 18.2 Å². The smallest absolute Gasteiger partial charge is 0.262 e. The monoisotopic (exact) mass is 445 g/mol. The highest BCUT2D eigenvalue weighted by Gasteiger charge is 2.28. The molecule has 0 aliphatic carbocycles. The van der Waals surface area contributed by atoms with Crippen LogP contribution in [-0.2, 0) is 6.54 Å². The highest BCUT2D eigenvalue weighted by Crippen LogP contribution is 2.25. The molecule has 3 heterocycles. The van der Waals surface area contributed by atoms with Gasteiger partial charge in [0.1, 0.15) is 17.2 Å². The van der Waals surface area contributed by atoms with E-state index in [9.17, 15) is 14.0 Å². The number of fused-ring (bicyclic) bond motifs is 1. The number of piperazine rings is 1. The summed E-state index contributed by atoms with van der Waals surface area (Å²) in [5.41, 5.74) is 1.84. The third-order valence-electron chi connectivity index (χ3n) is 6.19. The van der Waals surface area contributed by atoms with Gasteiger partial charge in [-0.3, -0.25) is 9.59 Å². The van der Waals surface area contributed by atoms with Crippen molar-refractivity contribution in [1.82, 2.24) is 9.47 Å². The summed E-state index contributed by atoms with van der Waals surface area (Å²) >= 11 is 0. The van der Waals surface area contributed by atoms with Crippen LogP contribution in [0.1, 0.15) is 21.7 Å². The average Bonchev–Trinajstić information content (AvgIpc) is 3.19. The zero-order chi connectivity index (χ0) is 22.9. The maximum atomic E-state index is 14.1. The fourth-order valence-electron chi connectivity index (χ4n) is 4.42. The second-order valence-electron chi connectivity index (χ2n) is 8.23. The van der Waals surface area contributed by atoms with Crippen molar-refractivity contribution in [3.8, 4) is 0 Å². The van der Waals surface area contributed by atoms with Crippen molar-refractivity contribution in [1.29, 1.82) is 0 Å². The van der Waals surface area contributed by atoms with Gasteiger partial charge in [0.15, 0.2) is 0 Å². The molecule has 1 aliphatic heterocycles. The molecule has 1 saturated heterocycles. The van der Waals surface area contributed by atoms with Crippen LogP contribution in [0.4, 0.5) is 10.1 Å². The molecule has 0 bridgehead atoms. The number of carbonyl (C=O) groups is 1. The third-order valence-corrected chi connectivity index (χ3v) is 6.19. The number of carbonyl (C=O) groups excluding carboxylic acids is 1. The van der Waals surface area contributed by atoms with E-state index >= 15 is 0 Å². The molecule has 0 atom stereocenters. The Morgan fingerprint density at radius 1 is 0.970 bits per heavy atom. The summed E-state index contributed by atoms with van der Waals surface area (Å²) in [7, 11) is 0. The minimum Gasteiger partial charge on any atom is -0.460 e. The summed E-state index contributed by atoms with van der Waals surface area (Å²) in [6.45, 7) is 4.31. The number of hydrogen-bond donors (Lipinski definition) is 0. The second kappa shape index (κ2) is 8.58. The first-order valence-corrected chi connectivity index (χ1v) is 11.0. The Morgan fingerprint density at radius 2 is 1.67 bits per heavy atom. The predicted octanol–water partition coefficient (Wildman–Crippen LogP) is 4.05. The number of amides is 1. The summed E-state index contributed by atoms with van der Waals surface area (Å²) in [6.07, 6.45) is 1.58. The standard InChI is InChI=1S/C26H24FN3O3/c1-18-23(25(31)29-15-13-28(14-16-29)20-8-3-2-4-9-20)24-22(33-18)11-12-30(26(24)32)17-19-7-5-6-10-21(19)27/h2-12H,13-17H2,1H3. The normalized spacial score (nSPS) is 14.1. The summed E-state index contributed by atoms with van der Waals surface area (Å²) in [6, 6.07) is 18.1. The molecule has 0 spiro atoms. The van der Waals surface area contributed by atoms with Crippen molar-refractivity contribution in [2.45, 2.75) is 13.5 Å². The van der Waals surface area contributed by atoms with Crippen molar-refractivity contribution in [2.24, 2.45) is 0 Å². The van der Waals surface area contributed by atoms with Gasteiger partial charge in [-0.25, -0.2) is 4.39 Å². The molecule has 4 aromatic rings. The lowest BCUT2D eigenvalue weighted by molar-refractivity contribution is 0.0746. The lowest BCUT2D eigenvalue weighted by Crippen LogP contribution is -2.49. The summed E-state index contributed by atoms with van der Waals surface area (Å²) < 4.78 is 21.3. The second-order valence-corrected chi connectivity index (χ2v) is 8.23. The van der Waals surface area contributed by atoms with E-state index in [0.29, 0.717) is 48.6 Å². The van der Waals surface area contributed by atoms with Crippen LogP contribution >= 0.6 is 0 Å². The fraction of sp³-hybridized carbons (Fsp3) is 0.231. The minimum atomic E-state index is -0.375. The van der Waals surface area contributed by atoms with Gasteiger partial charge >= 0.3 is 0 Å². The van der Waals surface area contributed by atoms with Crippen LogP contribution in [0, 0.1) is 12.7 Å². The number of furan rings is 1.